The largest absolute Gasteiger partial charge is 0.340 e. The first-order valence-corrected chi connectivity index (χ1v) is 5.02. The maximum atomic E-state index is 4.40. The Morgan fingerprint density at radius 2 is 2.46 bits per heavy atom. The Kier molecular flexibility index (Phi) is 2.36. The molecule has 1 aromatic heterocycles. The van der Waals surface area contributed by atoms with E-state index in [0.29, 0.717) is 6.04 Å². The van der Waals surface area contributed by atoms with Crippen LogP contribution < -0.4 is 5.32 Å². The molecule has 0 spiro atoms. The van der Waals surface area contributed by atoms with Crippen molar-refractivity contribution in [2.24, 2.45) is 13.0 Å². The Hall–Kier alpha value is -0.830. The van der Waals surface area contributed by atoms with Crippen molar-refractivity contribution in [2.75, 3.05) is 6.54 Å². The molecule has 1 aliphatic carbocycles. The molecule has 1 N–H and O–H groups in total. The van der Waals surface area contributed by atoms with E-state index >= 15 is 0 Å². The molecule has 3 nitrogen and oxygen atoms in total. The van der Waals surface area contributed by atoms with E-state index in [4.69, 9.17) is 0 Å². The minimum Gasteiger partial charge on any atom is -0.340 e. The lowest BCUT2D eigenvalue weighted by Gasteiger charge is -2.13. The summed E-state index contributed by atoms with van der Waals surface area (Å²) in [6.07, 6.45) is 6.70. The summed E-state index contributed by atoms with van der Waals surface area (Å²) in [6.45, 7) is 3.18. The van der Waals surface area contributed by atoms with Crippen LogP contribution in [0.1, 0.15) is 31.5 Å². The van der Waals surface area contributed by atoms with E-state index in [1.54, 1.807) is 0 Å². The molecule has 1 fully saturated rings. The fourth-order valence-electron chi connectivity index (χ4n) is 1.76. The molecular weight excluding hydrogens is 162 g/mol. The van der Waals surface area contributed by atoms with Crippen molar-refractivity contribution >= 4 is 0 Å². The smallest absolute Gasteiger partial charge is 0.0947 e. The molecular formula is C10H17N3. The fourth-order valence-corrected chi connectivity index (χ4v) is 1.76. The van der Waals surface area contributed by atoms with E-state index in [0.717, 1.165) is 12.5 Å². The Morgan fingerprint density at radius 1 is 1.69 bits per heavy atom. The van der Waals surface area contributed by atoms with Crippen LogP contribution in [0.15, 0.2) is 12.5 Å². The predicted molar refractivity (Wildman–Crippen MR) is 52.3 cm³/mol. The highest BCUT2D eigenvalue weighted by molar-refractivity contribution is 5.08. The fraction of sp³-hybridized carbons (Fsp3) is 0.700. The number of aryl methyl sites for hydroxylation is 1. The number of hydrogen-bond acceptors (Lipinski definition) is 2. The zero-order chi connectivity index (χ0) is 9.26. The Balaban J connectivity index is 2.10. The second kappa shape index (κ2) is 3.50. The van der Waals surface area contributed by atoms with Crippen LogP contribution in [0.25, 0.3) is 0 Å². The number of imidazole rings is 1. The summed E-state index contributed by atoms with van der Waals surface area (Å²) < 4.78 is 2.02. The third-order valence-corrected chi connectivity index (χ3v) is 2.56. The van der Waals surface area contributed by atoms with E-state index in [1.807, 2.05) is 17.9 Å². The average molecular weight is 179 g/mol. The van der Waals surface area contributed by atoms with Crippen LogP contribution in [0, 0.1) is 5.92 Å². The van der Waals surface area contributed by atoms with Crippen molar-refractivity contribution in [1.29, 1.82) is 0 Å². The van der Waals surface area contributed by atoms with E-state index < -0.39 is 0 Å². The number of rotatable bonds is 4. The molecule has 1 aromatic rings. The molecule has 1 aliphatic rings. The summed E-state index contributed by atoms with van der Waals surface area (Å²) in [5.74, 6) is 0.829. The molecule has 0 aromatic carbocycles. The van der Waals surface area contributed by atoms with Crippen molar-refractivity contribution in [3.05, 3.63) is 18.2 Å². The maximum Gasteiger partial charge on any atom is 0.0947 e. The Morgan fingerprint density at radius 3 is 2.92 bits per heavy atom. The first-order valence-electron chi connectivity index (χ1n) is 5.02. The van der Waals surface area contributed by atoms with Gasteiger partial charge in [-0.25, -0.2) is 4.98 Å². The minimum absolute atomic E-state index is 0.492. The zero-order valence-electron chi connectivity index (χ0n) is 8.33. The Bertz CT molecular complexity index is 275. The molecule has 72 valence electrons. The molecule has 3 heteroatoms. The lowest BCUT2D eigenvalue weighted by Crippen LogP contribution is -2.22. The van der Waals surface area contributed by atoms with Gasteiger partial charge in [-0.3, -0.25) is 0 Å². The van der Waals surface area contributed by atoms with Gasteiger partial charge < -0.3 is 9.88 Å². The van der Waals surface area contributed by atoms with Gasteiger partial charge in [0.2, 0.25) is 0 Å². The number of nitrogens with zero attached hydrogens (tertiary/aromatic N) is 2. The van der Waals surface area contributed by atoms with E-state index in [9.17, 15) is 0 Å². The quantitative estimate of drug-likeness (QED) is 0.758. The number of aromatic nitrogens is 2. The lowest BCUT2D eigenvalue weighted by molar-refractivity contribution is 0.486. The molecule has 2 rings (SSSR count). The normalized spacial score (nSPS) is 18.9. The van der Waals surface area contributed by atoms with Gasteiger partial charge in [0, 0.05) is 13.2 Å². The van der Waals surface area contributed by atoms with E-state index in [2.05, 4.69) is 23.4 Å². The van der Waals surface area contributed by atoms with Gasteiger partial charge in [-0.2, -0.15) is 0 Å². The van der Waals surface area contributed by atoms with Crippen LogP contribution in [0.5, 0.6) is 0 Å². The summed E-state index contributed by atoms with van der Waals surface area (Å²) in [7, 11) is 2.02. The first-order chi connectivity index (χ1) is 6.31. The van der Waals surface area contributed by atoms with Crippen molar-refractivity contribution in [2.45, 2.75) is 25.8 Å². The van der Waals surface area contributed by atoms with Crippen molar-refractivity contribution in [3.63, 3.8) is 0 Å². The highest BCUT2D eigenvalue weighted by atomic mass is 15.0. The van der Waals surface area contributed by atoms with Gasteiger partial charge in [0.25, 0.3) is 0 Å². The van der Waals surface area contributed by atoms with Crippen LogP contribution in [0.3, 0.4) is 0 Å². The highest BCUT2D eigenvalue weighted by Gasteiger charge is 2.32. The maximum absolute atomic E-state index is 4.40. The molecule has 0 saturated heterocycles. The molecule has 1 unspecified atom stereocenters. The lowest BCUT2D eigenvalue weighted by atomic mass is 10.1. The Labute approximate surface area is 79.2 Å². The SMILES string of the molecule is CCNC(c1cn(C)cn1)C1CC1. The second-order valence-electron chi connectivity index (χ2n) is 3.84. The topological polar surface area (TPSA) is 29.9 Å². The third-order valence-electron chi connectivity index (χ3n) is 2.56. The zero-order valence-corrected chi connectivity index (χ0v) is 8.33. The van der Waals surface area contributed by atoms with Gasteiger partial charge in [0.15, 0.2) is 0 Å². The summed E-state index contributed by atoms with van der Waals surface area (Å²) in [4.78, 5) is 4.40. The van der Waals surface area contributed by atoms with Crippen LogP contribution in [-0.4, -0.2) is 16.1 Å². The number of nitrogens with one attached hydrogen (secondary N) is 1. The van der Waals surface area contributed by atoms with Crippen molar-refractivity contribution in [3.8, 4) is 0 Å². The third kappa shape index (κ3) is 1.91. The molecule has 0 amide bonds. The van der Waals surface area contributed by atoms with Gasteiger partial charge >= 0.3 is 0 Å². The van der Waals surface area contributed by atoms with Crippen molar-refractivity contribution in [1.82, 2.24) is 14.9 Å². The van der Waals surface area contributed by atoms with E-state index in [1.165, 1.54) is 18.5 Å². The van der Waals surface area contributed by atoms with Crippen LogP contribution in [-0.2, 0) is 7.05 Å². The molecule has 1 atom stereocenters. The van der Waals surface area contributed by atoms with Crippen LogP contribution in [0.4, 0.5) is 0 Å². The molecule has 13 heavy (non-hydrogen) atoms. The van der Waals surface area contributed by atoms with Crippen molar-refractivity contribution < 1.29 is 0 Å². The summed E-state index contributed by atoms with van der Waals surface area (Å²) >= 11 is 0. The molecule has 1 heterocycles. The molecule has 0 bridgehead atoms. The first kappa shape index (κ1) is 8.75. The van der Waals surface area contributed by atoms with Gasteiger partial charge in [0.1, 0.15) is 0 Å². The highest BCUT2D eigenvalue weighted by Crippen LogP contribution is 2.40. The van der Waals surface area contributed by atoms with Gasteiger partial charge in [-0.05, 0) is 25.3 Å². The molecule has 1 saturated carbocycles. The summed E-state index contributed by atoms with van der Waals surface area (Å²) in [5.41, 5.74) is 1.20. The van der Waals surface area contributed by atoms with Gasteiger partial charge in [0.05, 0.1) is 18.1 Å². The van der Waals surface area contributed by atoms with Gasteiger partial charge in [-0.15, -0.1) is 0 Å². The minimum atomic E-state index is 0.492. The molecule has 0 radical (unpaired) electrons. The van der Waals surface area contributed by atoms with E-state index in [-0.39, 0.29) is 0 Å². The number of hydrogen-bond donors (Lipinski definition) is 1. The van der Waals surface area contributed by atoms with Crippen LogP contribution in [0.2, 0.25) is 0 Å². The monoisotopic (exact) mass is 179 g/mol. The second-order valence-corrected chi connectivity index (χ2v) is 3.84. The van der Waals surface area contributed by atoms with Crippen LogP contribution >= 0.6 is 0 Å². The predicted octanol–water partition coefficient (Wildman–Crippen LogP) is 1.48. The summed E-state index contributed by atoms with van der Waals surface area (Å²) in [6, 6.07) is 0.492. The molecule has 0 aliphatic heterocycles. The average Bonchev–Trinajstić information content (AvgIpc) is 2.85. The van der Waals surface area contributed by atoms with Gasteiger partial charge in [-0.1, -0.05) is 6.92 Å². The summed E-state index contributed by atoms with van der Waals surface area (Å²) in [5, 5.41) is 3.50. The standard InChI is InChI=1S/C10H17N3/c1-3-11-10(8-4-5-8)9-6-13(2)7-12-9/h6-8,10-11H,3-5H2,1-2H3.